The molecule has 1 aromatic carbocycles. The van der Waals surface area contributed by atoms with E-state index in [0.717, 1.165) is 24.4 Å². The van der Waals surface area contributed by atoms with Gasteiger partial charge in [0.2, 0.25) is 0 Å². The lowest BCUT2D eigenvalue weighted by atomic mass is 9.96. The Kier molecular flexibility index (Phi) is 3.83. The number of aryl methyl sites for hydroxylation is 1. The number of rotatable bonds is 5. The first-order valence-corrected chi connectivity index (χ1v) is 7.52. The van der Waals surface area contributed by atoms with Gasteiger partial charge in [-0.25, -0.2) is 14.4 Å². The summed E-state index contributed by atoms with van der Waals surface area (Å²) in [7, 11) is 0. The van der Waals surface area contributed by atoms with Gasteiger partial charge >= 0.3 is 0 Å². The lowest BCUT2D eigenvalue weighted by Crippen LogP contribution is -2.31. The molecule has 22 heavy (non-hydrogen) atoms. The van der Waals surface area contributed by atoms with E-state index in [9.17, 15) is 9.50 Å². The third-order valence-electron chi connectivity index (χ3n) is 3.87. The Bertz CT molecular complexity index is 683. The van der Waals surface area contributed by atoms with Crippen LogP contribution in [0, 0.1) is 12.7 Å². The standard InChI is InChI=1S/C17H20FN3O/c1-11-8-15(21-16(20-11)12-6-7-12)19-10-17(2,22)13-4-3-5-14(18)9-13/h3-5,8-9,12,22H,6-7,10H2,1-2H3,(H,19,20,21). The molecule has 1 heterocycles. The molecular weight excluding hydrogens is 281 g/mol. The highest BCUT2D eigenvalue weighted by atomic mass is 19.1. The van der Waals surface area contributed by atoms with E-state index in [1.807, 2.05) is 13.0 Å². The number of aromatic nitrogens is 2. The molecule has 0 amide bonds. The zero-order chi connectivity index (χ0) is 15.7. The van der Waals surface area contributed by atoms with Crippen molar-refractivity contribution < 1.29 is 9.50 Å². The Hall–Kier alpha value is -2.01. The molecule has 0 saturated heterocycles. The van der Waals surface area contributed by atoms with Crippen LogP contribution in [0.2, 0.25) is 0 Å². The van der Waals surface area contributed by atoms with Gasteiger partial charge in [-0.05, 0) is 44.4 Å². The Morgan fingerprint density at radius 2 is 2.09 bits per heavy atom. The molecule has 2 N–H and O–H groups in total. The zero-order valence-electron chi connectivity index (χ0n) is 12.8. The minimum Gasteiger partial charge on any atom is -0.384 e. The van der Waals surface area contributed by atoms with Crippen molar-refractivity contribution >= 4 is 5.82 Å². The van der Waals surface area contributed by atoms with Crippen LogP contribution in [0.5, 0.6) is 0 Å². The summed E-state index contributed by atoms with van der Waals surface area (Å²) in [6.45, 7) is 3.84. The molecule has 1 aliphatic rings. The molecule has 5 heteroatoms. The molecule has 116 valence electrons. The summed E-state index contributed by atoms with van der Waals surface area (Å²) >= 11 is 0. The average Bonchev–Trinajstić information content (AvgIpc) is 3.29. The van der Waals surface area contributed by atoms with Gasteiger partial charge in [0.05, 0.1) is 0 Å². The van der Waals surface area contributed by atoms with E-state index in [0.29, 0.717) is 17.3 Å². The van der Waals surface area contributed by atoms with Gasteiger partial charge in [0.15, 0.2) is 0 Å². The molecule has 0 bridgehead atoms. The van der Waals surface area contributed by atoms with Crippen molar-refractivity contribution in [1.82, 2.24) is 9.97 Å². The molecule has 0 spiro atoms. The van der Waals surface area contributed by atoms with Gasteiger partial charge < -0.3 is 10.4 Å². The maximum Gasteiger partial charge on any atom is 0.134 e. The maximum atomic E-state index is 13.3. The monoisotopic (exact) mass is 301 g/mol. The molecule has 1 saturated carbocycles. The first-order chi connectivity index (χ1) is 10.4. The number of nitrogens with one attached hydrogen (secondary N) is 1. The number of anilines is 1. The van der Waals surface area contributed by atoms with Gasteiger partial charge in [0.25, 0.3) is 0 Å². The molecular formula is C17H20FN3O. The van der Waals surface area contributed by atoms with E-state index >= 15 is 0 Å². The quantitative estimate of drug-likeness (QED) is 0.891. The van der Waals surface area contributed by atoms with Crippen LogP contribution >= 0.6 is 0 Å². The maximum absolute atomic E-state index is 13.3. The number of hydrogen-bond donors (Lipinski definition) is 2. The highest BCUT2D eigenvalue weighted by molar-refractivity contribution is 5.38. The highest BCUT2D eigenvalue weighted by Crippen LogP contribution is 2.38. The van der Waals surface area contributed by atoms with Crippen LogP contribution in [0.15, 0.2) is 30.3 Å². The SMILES string of the molecule is Cc1cc(NCC(C)(O)c2cccc(F)c2)nc(C2CC2)n1. The molecule has 4 nitrogen and oxygen atoms in total. The van der Waals surface area contributed by atoms with Crippen LogP contribution in [0.4, 0.5) is 10.2 Å². The molecule has 1 atom stereocenters. The summed E-state index contributed by atoms with van der Waals surface area (Å²) in [5.41, 5.74) is 0.263. The van der Waals surface area contributed by atoms with Crippen molar-refractivity contribution in [2.24, 2.45) is 0 Å². The molecule has 1 aromatic heterocycles. The van der Waals surface area contributed by atoms with Crippen molar-refractivity contribution in [3.8, 4) is 0 Å². The zero-order valence-corrected chi connectivity index (χ0v) is 12.8. The van der Waals surface area contributed by atoms with Crippen LogP contribution in [-0.2, 0) is 5.60 Å². The van der Waals surface area contributed by atoms with Crippen LogP contribution in [0.25, 0.3) is 0 Å². The van der Waals surface area contributed by atoms with Gasteiger partial charge in [0, 0.05) is 24.2 Å². The Morgan fingerprint density at radius 3 is 2.77 bits per heavy atom. The van der Waals surface area contributed by atoms with Crippen LogP contribution in [-0.4, -0.2) is 21.6 Å². The lowest BCUT2D eigenvalue weighted by Gasteiger charge is -2.24. The van der Waals surface area contributed by atoms with Gasteiger partial charge in [-0.3, -0.25) is 0 Å². The summed E-state index contributed by atoms with van der Waals surface area (Å²) in [5, 5.41) is 13.7. The third kappa shape index (κ3) is 3.42. The third-order valence-corrected chi connectivity index (χ3v) is 3.87. The molecule has 1 aliphatic carbocycles. The van der Waals surface area contributed by atoms with E-state index in [2.05, 4.69) is 15.3 Å². The van der Waals surface area contributed by atoms with E-state index in [4.69, 9.17) is 0 Å². The minimum atomic E-state index is -1.18. The second-order valence-electron chi connectivity index (χ2n) is 6.16. The van der Waals surface area contributed by atoms with Gasteiger partial charge in [0.1, 0.15) is 23.1 Å². The van der Waals surface area contributed by atoms with Crippen molar-refractivity contribution in [3.63, 3.8) is 0 Å². The topological polar surface area (TPSA) is 58.0 Å². The van der Waals surface area contributed by atoms with Crippen molar-refractivity contribution in [2.45, 2.75) is 38.2 Å². The summed E-state index contributed by atoms with van der Waals surface area (Å²) in [6.07, 6.45) is 2.29. The number of benzene rings is 1. The smallest absolute Gasteiger partial charge is 0.134 e. The average molecular weight is 301 g/mol. The fraction of sp³-hybridized carbons (Fsp3) is 0.412. The Balaban J connectivity index is 1.73. The van der Waals surface area contributed by atoms with Crippen molar-refractivity contribution in [1.29, 1.82) is 0 Å². The number of halogens is 1. The summed E-state index contributed by atoms with van der Waals surface area (Å²) in [4.78, 5) is 8.95. The van der Waals surface area contributed by atoms with Crippen LogP contribution in [0.3, 0.4) is 0 Å². The van der Waals surface area contributed by atoms with Gasteiger partial charge in [-0.1, -0.05) is 12.1 Å². The van der Waals surface area contributed by atoms with E-state index in [1.54, 1.807) is 19.1 Å². The molecule has 0 radical (unpaired) electrons. The fourth-order valence-electron chi connectivity index (χ4n) is 2.39. The first kappa shape index (κ1) is 14.9. The second-order valence-corrected chi connectivity index (χ2v) is 6.16. The van der Waals surface area contributed by atoms with Crippen LogP contribution < -0.4 is 5.32 Å². The molecule has 3 rings (SSSR count). The molecule has 0 aliphatic heterocycles. The van der Waals surface area contributed by atoms with E-state index in [1.165, 1.54) is 12.1 Å². The Morgan fingerprint density at radius 1 is 1.32 bits per heavy atom. The normalized spacial score (nSPS) is 17.1. The number of aliphatic hydroxyl groups is 1. The number of nitrogens with zero attached hydrogens (tertiary/aromatic N) is 2. The highest BCUT2D eigenvalue weighted by Gasteiger charge is 2.28. The first-order valence-electron chi connectivity index (χ1n) is 7.52. The number of hydrogen-bond acceptors (Lipinski definition) is 4. The largest absolute Gasteiger partial charge is 0.384 e. The van der Waals surface area contributed by atoms with E-state index < -0.39 is 5.60 Å². The lowest BCUT2D eigenvalue weighted by molar-refractivity contribution is 0.0711. The van der Waals surface area contributed by atoms with Crippen molar-refractivity contribution in [2.75, 3.05) is 11.9 Å². The van der Waals surface area contributed by atoms with E-state index in [-0.39, 0.29) is 12.4 Å². The predicted octanol–water partition coefficient (Wildman–Crippen LogP) is 3.12. The van der Waals surface area contributed by atoms with Crippen molar-refractivity contribution in [3.05, 3.63) is 53.2 Å². The Labute approximate surface area is 129 Å². The summed E-state index contributed by atoms with van der Waals surface area (Å²) in [6, 6.07) is 7.88. The van der Waals surface area contributed by atoms with Gasteiger partial charge in [-0.2, -0.15) is 0 Å². The summed E-state index contributed by atoms with van der Waals surface area (Å²) in [5.74, 6) is 1.69. The van der Waals surface area contributed by atoms with Crippen LogP contribution in [0.1, 0.15) is 42.8 Å². The minimum absolute atomic E-state index is 0.247. The molecule has 2 aromatic rings. The molecule has 1 unspecified atom stereocenters. The second kappa shape index (κ2) is 5.65. The van der Waals surface area contributed by atoms with Gasteiger partial charge in [-0.15, -0.1) is 0 Å². The predicted molar refractivity (Wildman–Crippen MR) is 83.2 cm³/mol. The fourth-order valence-corrected chi connectivity index (χ4v) is 2.39. The molecule has 1 fully saturated rings. The summed E-state index contributed by atoms with van der Waals surface area (Å²) < 4.78 is 13.3.